The third kappa shape index (κ3) is 3.15. The van der Waals surface area contributed by atoms with E-state index in [9.17, 15) is 14.7 Å². The van der Waals surface area contributed by atoms with Crippen molar-refractivity contribution in [3.05, 3.63) is 57.3 Å². The van der Waals surface area contributed by atoms with Gasteiger partial charge in [-0.05, 0) is 31.2 Å². The Hall–Kier alpha value is -2.11. The molecular weight excluding hydrogens is 315 g/mol. The number of carboxylic acids is 1. The Balaban J connectivity index is 2.45. The van der Waals surface area contributed by atoms with Gasteiger partial charge in [-0.25, -0.2) is 4.79 Å². The minimum atomic E-state index is -1.28. The fraction of sp³-hybridized carbons (Fsp3) is 0.0714. The molecule has 0 fully saturated rings. The van der Waals surface area contributed by atoms with Crippen LogP contribution in [0, 0.1) is 6.92 Å². The van der Waals surface area contributed by atoms with Crippen LogP contribution in [0.3, 0.4) is 0 Å². The molecule has 0 unspecified atom stereocenters. The van der Waals surface area contributed by atoms with Gasteiger partial charge in [0.15, 0.2) is 0 Å². The minimum absolute atomic E-state index is 0.00916. The lowest BCUT2D eigenvalue weighted by atomic mass is 10.1. The van der Waals surface area contributed by atoms with Gasteiger partial charge in [0.05, 0.1) is 21.3 Å². The van der Waals surface area contributed by atoms with Crippen LogP contribution in [0.5, 0.6) is 0 Å². The number of carbonyl (C=O) groups is 2. The normalized spacial score (nSPS) is 10.2. The number of pyridine rings is 1. The fourth-order valence-corrected chi connectivity index (χ4v) is 2.23. The van der Waals surface area contributed by atoms with Gasteiger partial charge in [-0.15, -0.1) is 0 Å². The standard InChI is InChI=1S/C14H10Cl2N2O3/c1-7-8(3-2-6-17-7)13(19)18-12-10(16)5-4-9(15)11(12)14(20)21/h2-6H,1H3,(H,18,19)(H,20,21). The van der Waals surface area contributed by atoms with Crippen LogP contribution in [0.15, 0.2) is 30.5 Å². The van der Waals surface area contributed by atoms with Crippen LogP contribution in [-0.2, 0) is 0 Å². The molecule has 108 valence electrons. The van der Waals surface area contributed by atoms with Gasteiger partial charge in [-0.3, -0.25) is 9.78 Å². The van der Waals surface area contributed by atoms with E-state index in [0.29, 0.717) is 11.3 Å². The van der Waals surface area contributed by atoms with Crippen molar-refractivity contribution in [3.8, 4) is 0 Å². The van der Waals surface area contributed by atoms with Crippen LogP contribution in [0.1, 0.15) is 26.4 Å². The highest BCUT2D eigenvalue weighted by Gasteiger charge is 2.20. The predicted octanol–water partition coefficient (Wildman–Crippen LogP) is 3.65. The minimum Gasteiger partial charge on any atom is -0.478 e. The number of nitrogens with zero attached hydrogens (tertiary/aromatic N) is 1. The average Bonchev–Trinajstić information content (AvgIpc) is 2.43. The molecule has 7 heteroatoms. The van der Waals surface area contributed by atoms with Crippen molar-refractivity contribution in [2.75, 3.05) is 5.32 Å². The van der Waals surface area contributed by atoms with Gasteiger partial charge in [0.1, 0.15) is 5.56 Å². The molecule has 2 aromatic rings. The van der Waals surface area contributed by atoms with E-state index in [2.05, 4.69) is 10.3 Å². The Morgan fingerprint density at radius 1 is 1.19 bits per heavy atom. The van der Waals surface area contributed by atoms with Crippen LogP contribution in [-0.4, -0.2) is 22.0 Å². The molecule has 1 heterocycles. The maximum Gasteiger partial charge on any atom is 0.339 e. The third-order valence-corrected chi connectivity index (χ3v) is 3.44. The zero-order valence-electron chi connectivity index (χ0n) is 10.9. The summed E-state index contributed by atoms with van der Waals surface area (Å²) in [7, 11) is 0. The van der Waals surface area contributed by atoms with Crippen molar-refractivity contribution >= 4 is 40.8 Å². The van der Waals surface area contributed by atoms with E-state index in [1.165, 1.54) is 12.1 Å². The summed E-state index contributed by atoms with van der Waals surface area (Å²) in [4.78, 5) is 27.5. The number of hydrogen-bond acceptors (Lipinski definition) is 3. The van der Waals surface area contributed by atoms with Gasteiger partial charge >= 0.3 is 5.97 Å². The highest BCUT2D eigenvalue weighted by atomic mass is 35.5. The zero-order valence-corrected chi connectivity index (χ0v) is 12.4. The van der Waals surface area contributed by atoms with E-state index in [0.717, 1.165) is 0 Å². The molecule has 0 saturated heterocycles. The summed E-state index contributed by atoms with van der Waals surface area (Å²) in [6.07, 6.45) is 1.56. The first-order valence-corrected chi connectivity index (χ1v) is 6.61. The molecule has 0 bridgehead atoms. The summed E-state index contributed by atoms with van der Waals surface area (Å²) in [6.45, 7) is 1.67. The van der Waals surface area contributed by atoms with Gasteiger partial charge in [-0.1, -0.05) is 23.2 Å². The van der Waals surface area contributed by atoms with Gasteiger partial charge < -0.3 is 10.4 Å². The maximum atomic E-state index is 12.2. The topological polar surface area (TPSA) is 79.3 Å². The number of aromatic carboxylic acids is 1. The number of anilines is 1. The number of amides is 1. The molecular formula is C14H10Cl2N2O3. The van der Waals surface area contributed by atoms with E-state index in [1.54, 1.807) is 25.3 Å². The summed E-state index contributed by atoms with van der Waals surface area (Å²) in [5.41, 5.74) is 0.555. The van der Waals surface area contributed by atoms with E-state index >= 15 is 0 Å². The molecule has 0 aliphatic heterocycles. The number of hydrogen-bond donors (Lipinski definition) is 2. The van der Waals surface area contributed by atoms with Crippen molar-refractivity contribution in [2.24, 2.45) is 0 Å². The first-order valence-electron chi connectivity index (χ1n) is 5.86. The number of carbonyl (C=O) groups excluding carboxylic acids is 1. The Kier molecular flexibility index (Phi) is 4.45. The van der Waals surface area contributed by atoms with Crippen LogP contribution in [0.4, 0.5) is 5.69 Å². The Morgan fingerprint density at radius 2 is 1.86 bits per heavy atom. The smallest absolute Gasteiger partial charge is 0.339 e. The lowest BCUT2D eigenvalue weighted by molar-refractivity contribution is 0.0698. The zero-order chi connectivity index (χ0) is 15.6. The summed E-state index contributed by atoms with van der Waals surface area (Å²) >= 11 is 11.8. The molecule has 2 rings (SSSR count). The van der Waals surface area contributed by atoms with E-state index in [4.69, 9.17) is 23.2 Å². The van der Waals surface area contributed by atoms with Crippen molar-refractivity contribution in [3.63, 3.8) is 0 Å². The molecule has 0 saturated carbocycles. The lowest BCUT2D eigenvalue weighted by Gasteiger charge is -2.12. The number of aromatic nitrogens is 1. The van der Waals surface area contributed by atoms with Gasteiger partial charge in [0.2, 0.25) is 0 Å². The van der Waals surface area contributed by atoms with E-state index < -0.39 is 11.9 Å². The highest BCUT2D eigenvalue weighted by molar-refractivity contribution is 6.38. The lowest BCUT2D eigenvalue weighted by Crippen LogP contribution is -2.17. The predicted molar refractivity (Wildman–Crippen MR) is 80.3 cm³/mol. The molecule has 0 aliphatic rings. The summed E-state index contributed by atoms with van der Waals surface area (Å²) in [5.74, 6) is -1.78. The van der Waals surface area contributed by atoms with Crippen LogP contribution >= 0.6 is 23.2 Å². The summed E-state index contributed by atoms with van der Waals surface area (Å²) in [5, 5.41) is 11.8. The van der Waals surface area contributed by atoms with Gasteiger partial charge in [-0.2, -0.15) is 0 Å². The Bertz CT molecular complexity index is 732. The van der Waals surface area contributed by atoms with Crippen LogP contribution in [0.2, 0.25) is 10.0 Å². The first-order chi connectivity index (χ1) is 9.91. The Labute approximate surface area is 130 Å². The number of benzene rings is 1. The quantitative estimate of drug-likeness (QED) is 0.903. The van der Waals surface area contributed by atoms with E-state index in [1.807, 2.05) is 0 Å². The first kappa shape index (κ1) is 15.3. The number of aryl methyl sites for hydroxylation is 1. The molecule has 1 amide bonds. The highest BCUT2D eigenvalue weighted by Crippen LogP contribution is 2.32. The molecule has 0 spiro atoms. The number of nitrogens with one attached hydrogen (secondary N) is 1. The Morgan fingerprint density at radius 3 is 2.48 bits per heavy atom. The second kappa shape index (κ2) is 6.11. The number of rotatable bonds is 3. The average molecular weight is 325 g/mol. The van der Waals surface area contributed by atoms with Gasteiger partial charge in [0.25, 0.3) is 5.91 Å². The largest absolute Gasteiger partial charge is 0.478 e. The molecule has 21 heavy (non-hydrogen) atoms. The van der Waals surface area contributed by atoms with E-state index in [-0.39, 0.29) is 21.3 Å². The molecule has 0 atom stereocenters. The SMILES string of the molecule is Cc1ncccc1C(=O)Nc1c(Cl)ccc(Cl)c1C(=O)O. The summed E-state index contributed by atoms with van der Waals surface area (Å²) < 4.78 is 0. The molecule has 0 radical (unpaired) electrons. The van der Waals surface area contributed by atoms with Crippen LogP contribution in [0.25, 0.3) is 0 Å². The molecule has 1 aromatic carbocycles. The number of carboxylic acid groups (broad SMARTS) is 1. The van der Waals surface area contributed by atoms with Crippen molar-refractivity contribution < 1.29 is 14.7 Å². The van der Waals surface area contributed by atoms with Crippen molar-refractivity contribution in [1.29, 1.82) is 0 Å². The van der Waals surface area contributed by atoms with Gasteiger partial charge in [0, 0.05) is 11.9 Å². The molecule has 1 aromatic heterocycles. The van der Waals surface area contributed by atoms with Crippen LogP contribution < -0.4 is 5.32 Å². The van der Waals surface area contributed by atoms with Crippen molar-refractivity contribution in [1.82, 2.24) is 4.98 Å². The fourth-order valence-electron chi connectivity index (χ4n) is 1.79. The summed E-state index contributed by atoms with van der Waals surface area (Å²) in [6, 6.07) is 5.97. The second-order valence-corrected chi connectivity index (χ2v) is 4.99. The monoisotopic (exact) mass is 324 g/mol. The molecule has 0 aliphatic carbocycles. The maximum absolute atomic E-state index is 12.2. The van der Waals surface area contributed by atoms with Crippen molar-refractivity contribution in [2.45, 2.75) is 6.92 Å². The number of halogens is 2. The molecule has 2 N–H and O–H groups in total. The molecule has 5 nitrogen and oxygen atoms in total. The second-order valence-electron chi connectivity index (χ2n) is 4.17. The third-order valence-electron chi connectivity index (χ3n) is 2.81.